The Morgan fingerprint density at radius 1 is 1.44 bits per heavy atom. The average Bonchev–Trinajstić information content (AvgIpc) is 2.29. The SMILES string of the molecule is CCCC(C)NC(C)(C(=O)O)c1ccccc1C. The maximum absolute atomic E-state index is 11.7. The maximum atomic E-state index is 11.7. The molecule has 0 spiro atoms. The first kappa shape index (κ1) is 14.7. The number of carboxylic acid groups (broad SMARTS) is 1. The van der Waals surface area contributed by atoms with Crippen LogP contribution in [0.1, 0.15) is 44.7 Å². The summed E-state index contributed by atoms with van der Waals surface area (Å²) in [5, 5.41) is 12.8. The third kappa shape index (κ3) is 3.10. The molecule has 2 atom stereocenters. The molecule has 0 aliphatic heterocycles. The highest BCUT2D eigenvalue weighted by molar-refractivity contribution is 5.80. The van der Waals surface area contributed by atoms with Crippen molar-refractivity contribution < 1.29 is 9.90 Å². The fraction of sp³-hybridized carbons (Fsp3) is 0.533. The molecular weight excluding hydrogens is 226 g/mol. The van der Waals surface area contributed by atoms with Gasteiger partial charge < -0.3 is 5.11 Å². The molecule has 0 aliphatic rings. The third-order valence-electron chi connectivity index (χ3n) is 3.37. The number of hydrogen-bond acceptors (Lipinski definition) is 2. The number of carboxylic acids is 1. The quantitative estimate of drug-likeness (QED) is 0.814. The summed E-state index contributed by atoms with van der Waals surface area (Å²) in [6.45, 7) is 7.82. The molecule has 1 aromatic carbocycles. The van der Waals surface area contributed by atoms with E-state index < -0.39 is 11.5 Å². The minimum absolute atomic E-state index is 0.177. The van der Waals surface area contributed by atoms with Crippen LogP contribution in [0.2, 0.25) is 0 Å². The zero-order valence-corrected chi connectivity index (χ0v) is 11.7. The Kier molecular flexibility index (Phi) is 4.91. The Morgan fingerprint density at radius 3 is 2.56 bits per heavy atom. The molecule has 0 bridgehead atoms. The van der Waals surface area contributed by atoms with Crippen molar-refractivity contribution in [2.24, 2.45) is 0 Å². The van der Waals surface area contributed by atoms with Crippen molar-refractivity contribution in [1.82, 2.24) is 5.32 Å². The molecule has 1 aromatic rings. The van der Waals surface area contributed by atoms with E-state index in [0.717, 1.165) is 24.0 Å². The summed E-state index contributed by atoms with van der Waals surface area (Å²) < 4.78 is 0. The first-order valence-corrected chi connectivity index (χ1v) is 6.49. The minimum Gasteiger partial charge on any atom is -0.480 e. The van der Waals surface area contributed by atoms with Crippen molar-refractivity contribution in [2.75, 3.05) is 0 Å². The summed E-state index contributed by atoms with van der Waals surface area (Å²) in [5.74, 6) is -0.834. The molecule has 0 saturated heterocycles. The lowest BCUT2D eigenvalue weighted by molar-refractivity contribution is -0.145. The fourth-order valence-electron chi connectivity index (χ4n) is 2.39. The zero-order chi connectivity index (χ0) is 13.8. The van der Waals surface area contributed by atoms with E-state index >= 15 is 0 Å². The Hall–Kier alpha value is -1.35. The fourth-order valence-corrected chi connectivity index (χ4v) is 2.39. The molecule has 0 radical (unpaired) electrons. The lowest BCUT2D eigenvalue weighted by Gasteiger charge is -2.31. The number of aliphatic carboxylic acids is 1. The largest absolute Gasteiger partial charge is 0.480 e. The molecular formula is C15H23NO2. The first-order valence-electron chi connectivity index (χ1n) is 6.49. The van der Waals surface area contributed by atoms with Crippen LogP contribution in [0.3, 0.4) is 0 Å². The molecule has 2 unspecified atom stereocenters. The molecule has 0 saturated carbocycles. The highest BCUT2D eigenvalue weighted by atomic mass is 16.4. The molecule has 0 heterocycles. The highest BCUT2D eigenvalue weighted by Crippen LogP contribution is 2.25. The van der Waals surface area contributed by atoms with Crippen molar-refractivity contribution in [2.45, 2.75) is 52.1 Å². The number of rotatable bonds is 6. The molecule has 1 rings (SSSR count). The monoisotopic (exact) mass is 249 g/mol. The molecule has 0 fully saturated rings. The van der Waals surface area contributed by atoms with Gasteiger partial charge in [-0.15, -0.1) is 0 Å². The van der Waals surface area contributed by atoms with Crippen LogP contribution in [0.5, 0.6) is 0 Å². The van der Waals surface area contributed by atoms with E-state index in [1.165, 1.54) is 0 Å². The van der Waals surface area contributed by atoms with E-state index in [-0.39, 0.29) is 6.04 Å². The average molecular weight is 249 g/mol. The van der Waals surface area contributed by atoms with Crippen LogP contribution >= 0.6 is 0 Å². The topological polar surface area (TPSA) is 49.3 Å². The van der Waals surface area contributed by atoms with Crippen LogP contribution in [-0.2, 0) is 10.3 Å². The van der Waals surface area contributed by atoms with E-state index in [9.17, 15) is 9.90 Å². The lowest BCUT2D eigenvalue weighted by atomic mass is 9.87. The van der Waals surface area contributed by atoms with Gasteiger partial charge in [0.05, 0.1) is 0 Å². The minimum atomic E-state index is -1.03. The summed E-state index contributed by atoms with van der Waals surface area (Å²) >= 11 is 0. The summed E-state index contributed by atoms with van der Waals surface area (Å²) in [6, 6.07) is 7.82. The molecule has 0 amide bonds. The summed E-state index contributed by atoms with van der Waals surface area (Å²) in [4.78, 5) is 11.7. The summed E-state index contributed by atoms with van der Waals surface area (Å²) in [6.07, 6.45) is 2.01. The van der Waals surface area contributed by atoms with E-state index in [1.54, 1.807) is 6.92 Å². The van der Waals surface area contributed by atoms with Gasteiger partial charge in [0.15, 0.2) is 0 Å². The second-order valence-corrected chi connectivity index (χ2v) is 5.08. The van der Waals surface area contributed by atoms with Gasteiger partial charge in [-0.3, -0.25) is 5.32 Å². The second-order valence-electron chi connectivity index (χ2n) is 5.08. The molecule has 0 aliphatic carbocycles. The predicted molar refractivity (Wildman–Crippen MR) is 73.7 cm³/mol. The van der Waals surface area contributed by atoms with Crippen LogP contribution < -0.4 is 5.32 Å². The van der Waals surface area contributed by atoms with Gasteiger partial charge in [0.25, 0.3) is 0 Å². The number of carbonyl (C=O) groups is 1. The van der Waals surface area contributed by atoms with Gasteiger partial charge in [0.2, 0.25) is 0 Å². The molecule has 3 heteroatoms. The molecule has 3 nitrogen and oxygen atoms in total. The molecule has 100 valence electrons. The van der Waals surface area contributed by atoms with Gasteiger partial charge in [0, 0.05) is 6.04 Å². The first-order chi connectivity index (χ1) is 8.41. The van der Waals surface area contributed by atoms with E-state index in [1.807, 2.05) is 38.1 Å². The lowest BCUT2D eigenvalue weighted by Crippen LogP contribution is -2.50. The van der Waals surface area contributed by atoms with Gasteiger partial charge in [-0.25, -0.2) is 4.79 Å². The standard InChI is InChI=1S/C15H23NO2/c1-5-8-12(3)16-15(4,14(17)18)13-10-7-6-9-11(13)2/h6-7,9-10,12,16H,5,8H2,1-4H3,(H,17,18). The molecule has 0 aromatic heterocycles. The zero-order valence-electron chi connectivity index (χ0n) is 11.7. The summed E-state index contributed by atoms with van der Waals surface area (Å²) in [5.41, 5.74) is 0.805. The Morgan fingerprint density at radius 2 is 2.06 bits per heavy atom. The van der Waals surface area contributed by atoms with Crippen LogP contribution in [0, 0.1) is 6.92 Å². The normalized spacial score (nSPS) is 16.0. The number of nitrogens with one attached hydrogen (secondary N) is 1. The van der Waals surface area contributed by atoms with Crippen LogP contribution in [0.25, 0.3) is 0 Å². The van der Waals surface area contributed by atoms with Crippen molar-refractivity contribution in [3.8, 4) is 0 Å². The third-order valence-corrected chi connectivity index (χ3v) is 3.37. The van der Waals surface area contributed by atoms with E-state index in [0.29, 0.717) is 0 Å². The Labute approximate surface area is 109 Å². The molecule has 18 heavy (non-hydrogen) atoms. The number of aryl methyl sites for hydroxylation is 1. The van der Waals surface area contributed by atoms with Gasteiger partial charge in [-0.1, -0.05) is 37.6 Å². The smallest absolute Gasteiger partial charge is 0.328 e. The molecule has 2 N–H and O–H groups in total. The van der Waals surface area contributed by atoms with Gasteiger partial charge >= 0.3 is 5.97 Å². The van der Waals surface area contributed by atoms with Gasteiger partial charge in [-0.2, -0.15) is 0 Å². The predicted octanol–water partition coefficient (Wildman–Crippen LogP) is 3.07. The van der Waals surface area contributed by atoms with Gasteiger partial charge in [0.1, 0.15) is 5.54 Å². The van der Waals surface area contributed by atoms with Crippen LogP contribution in [-0.4, -0.2) is 17.1 Å². The maximum Gasteiger partial charge on any atom is 0.328 e. The van der Waals surface area contributed by atoms with E-state index in [2.05, 4.69) is 12.2 Å². The van der Waals surface area contributed by atoms with Crippen molar-refractivity contribution >= 4 is 5.97 Å². The van der Waals surface area contributed by atoms with Crippen molar-refractivity contribution in [3.63, 3.8) is 0 Å². The highest BCUT2D eigenvalue weighted by Gasteiger charge is 2.36. The van der Waals surface area contributed by atoms with Crippen LogP contribution in [0.15, 0.2) is 24.3 Å². The van der Waals surface area contributed by atoms with Crippen molar-refractivity contribution in [3.05, 3.63) is 35.4 Å². The van der Waals surface area contributed by atoms with E-state index in [4.69, 9.17) is 0 Å². The summed E-state index contributed by atoms with van der Waals surface area (Å²) in [7, 11) is 0. The number of benzene rings is 1. The number of hydrogen-bond donors (Lipinski definition) is 2. The van der Waals surface area contributed by atoms with Crippen molar-refractivity contribution in [1.29, 1.82) is 0 Å². The second kappa shape index (κ2) is 6.01. The van der Waals surface area contributed by atoms with Crippen LogP contribution in [0.4, 0.5) is 0 Å². The Balaban J connectivity index is 3.08. The Bertz CT molecular complexity index is 417. The van der Waals surface area contributed by atoms with Gasteiger partial charge in [-0.05, 0) is 38.3 Å².